The number of methoxy groups -OCH3 is 1. The fourth-order valence-corrected chi connectivity index (χ4v) is 2.24. The van der Waals surface area contributed by atoms with Crippen molar-refractivity contribution in [3.63, 3.8) is 0 Å². The summed E-state index contributed by atoms with van der Waals surface area (Å²) in [5, 5.41) is 0. The lowest BCUT2D eigenvalue weighted by Gasteiger charge is -2.15. The minimum Gasteiger partial charge on any atom is -0.492 e. The minimum absolute atomic E-state index is 0.0161. The molecule has 0 aromatic heterocycles. The molecule has 0 heterocycles. The predicted molar refractivity (Wildman–Crippen MR) is 74.8 cm³/mol. The lowest BCUT2D eigenvalue weighted by molar-refractivity contribution is -0.140. The van der Waals surface area contributed by atoms with Gasteiger partial charge in [0, 0.05) is 12.7 Å². The molecule has 20 heavy (non-hydrogen) atoms. The monoisotopic (exact) mass is 302 g/mol. The average molecular weight is 302 g/mol. The number of carbonyl (C=O) groups excluding carboxylic acids is 1. The summed E-state index contributed by atoms with van der Waals surface area (Å²) >= 11 is 0. The van der Waals surface area contributed by atoms with Crippen LogP contribution in [0.5, 0.6) is 5.75 Å². The Bertz CT molecular complexity index is 541. The Hall–Kier alpha value is -1.80. The number of hydrogen-bond donors (Lipinski definition) is 1. The molecule has 0 saturated carbocycles. The molecule has 0 aliphatic heterocycles. The molecule has 0 amide bonds. The van der Waals surface area contributed by atoms with Crippen LogP contribution in [0.2, 0.25) is 0 Å². The van der Waals surface area contributed by atoms with Gasteiger partial charge in [-0.3, -0.25) is 4.79 Å². The third-order valence-electron chi connectivity index (χ3n) is 2.54. The predicted octanol–water partition coefficient (Wildman–Crippen LogP) is 0.0822. The summed E-state index contributed by atoms with van der Waals surface area (Å²) < 4.78 is 34.3. The number of carbonyl (C=O) groups is 1. The van der Waals surface area contributed by atoms with Gasteiger partial charge >= 0.3 is 5.97 Å². The van der Waals surface area contributed by atoms with Gasteiger partial charge in [0.2, 0.25) is 10.0 Å². The number of likely N-dealkylation sites (N-methyl/N-ethyl adjacent to an activating group) is 1. The highest BCUT2D eigenvalue weighted by Gasteiger charge is 2.20. The van der Waals surface area contributed by atoms with Crippen LogP contribution in [0.1, 0.15) is 0 Å². The standard InChI is InChI=1S/C12H18N2O5S/c1-14(9-12(15)18-2)20(16,17)8-7-19-11-5-3-10(13)4-6-11/h3-6H,7-9,13H2,1-2H3. The summed E-state index contributed by atoms with van der Waals surface area (Å²) in [6.07, 6.45) is 0. The number of rotatable bonds is 7. The maximum Gasteiger partial charge on any atom is 0.320 e. The number of benzene rings is 1. The number of esters is 1. The van der Waals surface area contributed by atoms with Crippen LogP contribution in [-0.2, 0) is 19.6 Å². The summed E-state index contributed by atoms with van der Waals surface area (Å²) in [6, 6.07) is 6.63. The normalized spacial score (nSPS) is 11.3. The number of sulfonamides is 1. The molecule has 0 aliphatic carbocycles. The van der Waals surface area contributed by atoms with Gasteiger partial charge in [-0.2, -0.15) is 4.31 Å². The molecule has 0 aliphatic rings. The molecule has 0 unspecified atom stereocenters. The van der Waals surface area contributed by atoms with Crippen LogP contribution in [-0.4, -0.2) is 51.8 Å². The summed E-state index contributed by atoms with van der Waals surface area (Å²) in [6.45, 7) is -0.335. The third-order valence-corrected chi connectivity index (χ3v) is 4.31. The second-order valence-electron chi connectivity index (χ2n) is 4.07. The number of hydrogen-bond acceptors (Lipinski definition) is 6. The first-order valence-corrected chi connectivity index (χ1v) is 7.45. The van der Waals surface area contributed by atoms with Gasteiger partial charge in [0.25, 0.3) is 0 Å². The van der Waals surface area contributed by atoms with Gasteiger partial charge in [-0.25, -0.2) is 8.42 Å². The van der Waals surface area contributed by atoms with Crippen molar-refractivity contribution in [3.05, 3.63) is 24.3 Å². The molecule has 2 N–H and O–H groups in total. The molecule has 112 valence electrons. The van der Waals surface area contributed by atoms with Crippen LogP contribution in [0.3, 0.4) is 0 Å². The molecule has 0 saturated heterocycles. The molecule has 0 fully saturated rings. The Kier molecular flexibility index (Phi) is 5.78. The van der Waals surface area contributed by atoms with E-state index in [1.165, 1.54) is 14.2 Å². The van der Waals surface area contributed by atoms with Crippen molar-refractivity contribution >= 4 is 21.7 Å². The zero-order valence-electron chi connectivity index (χ0n) is 11.4. The number of nitrogens with zero attached hydrogens (tertiary/aromatic N) is 1. The maximum atomic E-state index is 11.8. The Morgan fingerprint density at radius 3 is 2.45 bits per heavy atom. The Morgan fingerprint density at radius 1 is 1.30 bits per heavy atom. The first kappa shape index (κ1) is 16.3. The fourth-order valence-electron chi connectivity index (χ4n) is 1.33. The van der Waals surface area contributed by atoms with E-state index >= 15 is 0 Å². The van der Waals surface area contributed by atoms with Gasteiger partial charge in [0.05, 0.1) is 12.9 Å². The van der Waals surface area contributed by atoms with Gasteiger partial charge in [-0.05, 0) is 24.3 Å². The van der Waals surface area contributed by atoms with Crippen molar-refractivity contribution in [2.24, 2.45) is 0 Å². The number of nitrogens with two attached hydrogens (primary N) is 1. The number of ether oxygens (including phenoxy) is 2. The highest BCUT2D eigenvalue weighted by atomic mass is 32.2. The average Bonchev–Trinajstić information content (AvgIpc) is 2.40. The molecule has 1 aromatic carbocycles. The summed E-state index contributed by atoms with van der Waals surface area (Å²) in [7, 11) is -1.04. The van der Waals surface area contributed by atoms with Crippen molar-refractivity contribution < 1.29 is 22.7 Å². The molecule has 8 heteroatoms. The summed E-state index contributed by atoms with van der Waals surface area (Å²) in [5.74, 6) is -0.314. The second kappa shape index (κ2) is 7.11. The Balaban J connectivity index is 2.47. The minimum atomic E-state index is -3.56. The molecular weight excluding hydrogens is 284 g/mol. The molecule has 0 bridgehead atoms. The quantitative estimate of drug-likeness (QED) is 0.566. The Morgan fingerprint density at radius 2 is 1.90 bits per heavy atom. The van der Waals surface area contributed by atoms with Crippen LogP contribution in [0.15, 0.2) is 24.3 Å². The zero-order valence-corrected chi connectivity index (χ0v) is 12.2. The smallest absolute Gasteiger partial charge is 0.320 e. The highest BCUT2D eigenvalue weighted by molar-refractivity contribution is 7.89. The molecule has 0 radical (unpaired) electrons. The molecular formula is C12H18N2O5S. The number of anilines is 1. The van der Waals surface area contributed by atoms with E-state index in [1.54, 1.807) is 24.3 Å². The van der Waals surface area contributed by atoms with Crippen molar-refractivity contribution in [2.75, 3.05) is 38.8 Å². The second-order valence-corrected chi connectivity index (χ2v) is 6.26. The largest absolute Gasteiger partial charge is 0.492 e. The van der Waals surface area contributed by atoms with Gasteiger partial charge in [0.15, 0.2) is 0 Å². The van der Waals surface area contributed by atoms with Crippen LogP contribution in [0.4, 0.5) is 5.69 Å². The highest BCUT2D eigenvalue weighted by Crippen LogP contribution is 2.13. The third kappa shape index (κ3) is 5.06. The topological polar surface area (TPSA) is 98.9 Å². The van der Waals surface area contributed by atoms with Gasteiger partial charge in [-0.15, -0.1) is 0 Å². The van der Waals surface area contributed by atoms with Gasteiger partial charge in [-0.1, -0.05) is 0 Å². The van der Waals surface area contributed by atoms with E-state index in [9.17, 15) is 13.2 Å². The van der Waals surface area contributed by atoms with Gasteiger partial charge < -0.3 is 15.2 Å². The van der Waals surface area contributed by atoms with E-state index in [1.807, 2.05) is 0 Å². The lowest BCUT2D eigenvalue weighted by atomic mass is 10.3. The zero-order chi connectivity index (χ0) is 15.2. The van der Waals surface area contributed by atoms with Crippen LogP contribution < -0.4 is 10.5 Å². The summed E-state index contributed by atoms with van der Waals surface area (Å²) in [4.78, 5) is 11.0. The van der Waals surface area contributed by atoms with E-state index in [0.717, 1.165) is 4.31 Å². The SMILES string of the molecule is COC(=O)CN(C)S(=O)(=O)CCOc1ccc(N)cc1. The molecule has 0 atom stereocenters. The molecule has 0 spiro atoms. The fraction of sp³-hybridized carbons (Fsp3) is 0.417. The van der Waals surface area contributed by atoms with Crippen molar-refractivity contribution in [3.8, 4) is 5.75 Å². The van der Waals surface area contributed by atoms with E-state index in [0.29, 0.717) is 11.4 Å². The molecule has 1 rings (SSSR count). The van der Waals surface area contributed by atoms with E-state index in [2.05, 4.69) is 4.74 Å². The van der Waals surface area contributed by atoms with Crippen LogP contribution >= 0.6 is 0 Å². The Labute approximate surface area is 118 Å². The van der Waals surface area contributed by atoms with E-state index in [4.69, 9.17) is 10.5 Å². The van der Waals surface area contributed by atoms with Crippen molar-refractivity contribution in [1.29, 1.82) is 0 Å². The van der Waals surface area contributed by atoms with E-state index in [-0.39, 0.29) is 18.9 Å². The first-order chi connectivity index (χ1) is 9.35. The lowest BCUT2D eigenvalue weighted by Crippen LogP contribution is -2.35. The van der Waals surface area contributed by atoms with Crippen LogP contribution in [0, 0.1) is 0 Å². The number of nitrogen functional groups attached to an aromatic ring is 1. The molecule has 7 nitrogen and oxygen atoms in total. The van der Waals surface area contributed by atoms with Crippen LogP contribution in [0.25, 0.3) is 0 Å². The van der Waals surface area contributed by atoms with Gasteiger partial charge in [0.1, 0.15) is 18.9 Å². The maximum absolute atomic E-state index is 11.8. The van der Waals surface area contributed by atoms with Crippen molar-refractivity contribution in [1.82, 2.24) is 4.31 Å². The van der Waals surface area contributed by atoms with E-state index < -0.39 is 16.0 Å². The molecule has 1 aromatic rings. The van der Waals surface area contributed by atoms with Crippen molar-refractivity contribution in [2.45, 2.75) is 0 Å². The summed E-state index contributed by atoms with van der Waals surface area (Å²) in [5.41, 5.74) is 6.12. The first-order valence-electron chi connectivity index (χ1n) is 5.84.